The Morgan fingerprint density at radius 2 is 2.17 bits per heavy atom. The summed E-state index contributed by atoms with van der Waals surface area (Å²) in [5.74, 6) is -0.167. The third kappa shape index (κ3) is 1.57. The normalized spacial score (nSPS) is 13.2. The van der Waals surface area contributed by atoms with Gasteiger partial charge in [-0.2, -0.15) is 0 Å². The van der Waals surface area contributed by atoms with Crippen LogP contribution in [0, 0.1) is 5.82 Å². The molecule has 4 heteroatoms. The highest BCUT2D eigenvalue weighted by atomic mass is 79.9. The maximum Gasteiger partial charge on any atom is 0.124 e. The Balaban J connectivity index is 0.000000720. The Kier molecular flexibility index (Phi) is 2.96. The lowest BCUT2D eigenvalue weighted by molar-refractivity contribution is 0.625. The van der Waals surface area contributed by atoms with Crippen LogP contribution >= 0.6 is 28.3 Å². The molecule has 1 aliphatic heterocycles. The predicted molar refractivity (Wildman–Crippen MR) is 53.5 cm³/mol. The van der Waals surface area contributed by atoms with Crippen LogP contribution in [0.1, 0.15) is 5.56 Å². The summed E-state index contributed by atoms with van der Waals surface area (Å²) in [4.78, 5) is 0. The summed E-state index contributed by atoms with van der Waals surface area (Å²) in [6.45, 7) is 0.914. The van der Waals surface area contributed by atoms with Crippen LogP contribution in [0.15, 0.2) is 16.6 Å². The van der Waals surface area contributed by atoms with E-state index in [0.29, 0.717) is 0 Å². The quantitative estimate of drug-likeness (QED) is 0.748. The predicted octanol–water partition coefficient (Wildman–Crippen LogP) is 2.98. The molecule has 0 aliphatic carbocycles. The van der Waals surface area contributed by atoms with Gasteiger partial charge in [-0.25, -0.2) is 4.39 Å². The SMILES string of the molecule is Cl.Fc1cc(Br)c2c(c1)CCN2. The van der Waals surface area contributed by atoms with Crippen molar-refractivity contribution in [1.82, 2.24) is 0 Å². The molecule has 1 aromatic rings. The maximum atomic E-state index is 12.8. The molecule has 0 amide bonds. The van der Waals surface area contributed by atoms with Gasteiger partial charge in [-0.15, -0.1) is 12.4 Å². The third-order valence-electron chi connectivity index (χ3n) is 1.83. The fourth-order valence-electron chi connectivity index (χ4n) is 1.34. The van der Waals surface area contributed by atoms with E-state index in [-0.39, 0.29) is 18.2 Å². The molecule has 0 aromatic heterocycles. The Morgan fingerprint density at radius 1 is 1.42 bits per heavy atom. The zero-order chi connectivity index (χ0) is 7.84. The van der Waals surface area contributed by atoms with Gasteiger partial charge in [0.1, 0.15) is 5.82 Å². The molecular formula is C8H8BrClFN. The van der Waals surface area contributed by atoms with E-state index in [1.165, 1.54) is 6.07 Å². The van der Waals surface area contributed by atoms with E-state index >= 15 is 0 Å². The zero-order valence-corrected chi connectivity index (χ0v) is 8.64. The van der Waals surface area contributed by atoms with Gasteiger partial charge in [0, 0.05) is 11.0 Å². The Morgan fingerprint density at radius 3 is 2.92 bits per heavy atom. The number of halogens is 3. The van der Waals surface area contributed by atoms with Crippen molar-refractivity contribution in [3.63, 3.8) is 0 Å². The Labute approximate surface area is 84.9 Å². The fraction of sp³-hybridized carbons (Fsp3) is 0.250. The van der Waals surface area contributed by atoms with Crippen molar-refractivity contribution in [3.8, 4) is 0 Å². The van der Waals surface area contributed by atoms with Gasteiger partial charge in [-0.3, -0.25) is 0 Å². The van der Waals surface area contributed by atoms with Gasteiger partial charge < -0.3 is 5.32 Å². The smallest absolute Gasteiger partial charge is 0.124 e. The molecule has 0 saturated heterocycles. The van der Waals surface area contributed by atoms with Gasteiger partial charge in [0.2, 0.25) is 0 Å². The molecule has 1 aromatic carbocycles. The van der Waals surface area contributed by atoms with Crippen molar-refractivity contribution in [2.45, 2.75) is 6.42 Å². The van der Waals surface area contributed by atoms with Crippen molar-refractivity contribution >= 4 is 34.0 Å². The number of anilines is 1. The van der Waals surface area contributed by atoms with E-state index in [1.807, 2.05) is 0 Å². The molecule has 66 valence electrons. The molecule has 12 heavy (non-hydrogen) atoms. The first-order chi connectivity index (χ1) is 5.27. The summed E-state index contributed by atoms with van der Waals surface area (Å²) in [5, 5.41) is 3.18. The molecular weight excluding hydrogens is 244 g/mol. The van der Waals surface area contributed by atoms with Crippen LogP contribution in [0.2, 0.25) is 0 Å². The minimum atomic E-state index is -0.167. The third-order valence-corrected chi connectivity index (χ3v) is 2.46. The highest BCUT2D eigenvalue weighted by molar-refractivity contribution is 9.10. The zero-order valence-electron chi connectivity index (χ0n) is 6.23. The van der Waals surface area contributed by atoms with E-state index in [2.05, 4.69) is 21.2 Å². The molecule has 2 rings (SSSR count). The molecule has 0 unspecified atom stereocenters. The molecule has 0 spiro atoms. The minimum absolute atomic E-state index is 0. The Bertz CT molecular complexity index is 303. The van der Waals surface area contributed by atoms with Crippen LogP contribution in [0.5, 0.6) is 0 Å². The van der Waals surface area contributed by atoms with Crippen molar-refractivity contribution in [3.05, 3.63) is 28.0 Å². The van der Waals surface area contributed by atoms with Gasteiger partial charge in [0.25, 0.3) is 0 Å². The van der Waals surface area contributed by atoms with Crippen LogP contribution in [0.25, 0.3) is 0 Å². The second-order valence-corrected chi connectivity index (χ2v) is 3.45. The summed E-state index contributed by atoms with van der Waals surface area (Å²) >= 11 is 3.30. The summed E-state index contributed by atoms with van der Waals surface area (Å²) < 4.78 is 13.6. The number of benzene rings is 1. The molecule has 0 saturated carbocycles. The summed E-state index contributed by atoms with van der Waals surface area (Å²) in [7, 11) is 0. The first kappa shape index (κ1) is 9.81. The molecule has 0 bridgehead atoms. The van der Waals surface area contributed by atoms with E-state index in [9.17, 15) is 4.39 Å². The van der Waals surface area contributed by atoms with Gasteiger partial charge >= 0.3 is 0 Å². The average Bonchev–Trinajstić information content (AvgIpc) is 2.34. The van der Waals surface area contributed by atoms with Crippen molar-refractivity contribution in [2.75, 3.05) is 11.9 Å². The number of hydrogen-bond acceptors (Lipinski definition) is 1. The monoisotopic (exact) mass is 251 g/mol. The summed E-state index contributed by atoms with van der Waals surface area (Å²) in [5.41, 5.74) is 2.11. The molecule has 1 nitrogen and oxygen atoms in total. The molecule has 1 N–H and O–H groups in total. The average molecular weight is 253 g/mol. The number of hydrogen-bond donors (Lipinski definition) is 1. The standard InChI is InChI=1S/C8H7BrFN.ClH/c9-7-4-6(10)3-5-1-2-11-8(5)7;/h3-4,11H,1-2H2;1H. The number of rotatable bonds is 0. The summed E-state index contributed by atoms with van der Waals surface area (Å²) in [6, 6.07) is 3.07. The number of nitrogens with one attached hydrogen (secondary N) is 1. The highest BCUT2D eigenvalue weighted by Gasteiger charge is 2.13. The van der Waals surface area contributed by atoms with Crippen LogP contribution < -0.4 is 5.32 Å². The van der Waals surface area contributed by atoms with Crippen LogP contribution in [-0.4, -0.2) is 6.54 Å². The lowest BCUT2D eigenvalue weighted by atomic mass is 10.2. The van der Waals surface area contributed by atoms with E-state index in [1.54, 1.807) is 6.07 Å². The molecule has 1 aliphatic rings. The van der Waals surface area contributed by atoms with Gasteiger partial charge in [-0.05, 0) is 40.0 Å². The second-order valence-electron chi connectivity index (χ2n) is 2.60. The number of fused-ring (bicyclic) bond motifs is 1. The largest absolute Gasteiger partial charge is 0.384 e. The first-order valence-electron chi connectivity index (χ1n) is 3.49. The topological polar surface area (TPSA) is 12.0 Å². The molecule has 0 atom stereocenters. The van der Waals surface area contributed by atoms with E-state index < -0.39 is 0 Å². The van der Waals surface area contributed by atoms with Gasteiger partial charge in [0.05, 0.1) is 5.69 Å². The second kappa shape index (κ2) is 3.62. The molecule has 0 radical (unpaired) electrons. The van der Waals surface area contributed by atoms with Crippen molar-refractivity contribution in [1.29, 1.82) is 0 Å². The van der Waals surface area contributed by atoms with Gasteiger partial charge in [0.15, 0.2) is 0 Å². The van der Waals surface area contributed by atoms with Crippen LogP contribution in [0.3, 0.4) is 0 Å². The molecule has 1 heterocycles. The fourth-order valence-corrected chi connectivity index (χ4v) is 1.96. The minimum Gasteiger partial charge on any atom is -0.384 e. The Hall–Kier alpha value is -0.280. The van der Waals surface area contributed by atoms with Crippen LogP contribution in [-0.2, 0) is 6.42 Å². The summed E-state index contributed by atoms with van der Waals surface area (Å²) in [6.07, 6.45) is 0.922. The van der Waals surface area contributed by atoms with Gasteiger partial charge in [-0.1, -0.05) is 0 Å². The van der Waals surface area contributed by atoms with Crippen LogP contribution in [0.4, 0.5) is 10.1 Å². The first-order valence-corrected chi connectivity index (χ1v) is 4.28. The maximum absolute atomic E-state index is 12.8. The van der Waals surface area contributed by atoms with Crippen molar-refractivity contribution < 1.29 is 4.39 Å². The highest BCUT2D eigenvalue weighted by Crippen LogP contribution is 2.31. The lowest BCUT2D eigenvalue weighted by Crippen LogP contribution is -1.91. The van der Waals surface area contributed by atoms with E-state index in [0.717, 1.165) is 28.7 Å². The van der Waals surface area contributed by atoms with E-state index in [4.69, 9.17) is 0 Å². The van der Waals surface area contributed by atoms with Crippen molar-refractivity contribution in [2.24, 2.45) is 0 Å². The molecule has 0 fully saturated rings. The lowest BCUT2D eigenvalue weighted by Gasteiger charge is -2.01.